The van der Waals surface area contributed by atoms with Crippen LogP contribution in [0.2, 0.25) is 0 Å². The summed E-state index contributed by atoms with van der Waals surface area (Å²) in [6.45, 7) is 4.21. The second-order valence-electron chi connectivity index (χ2n) is 5.27. The lowest BCUT2D eigenvalue weighted by Gasteiger charge is -2.27. The number of nitrogens with zero attached hydrogens (tertiary/aromatic N) is 1. The van der Waals surface area contributed by atoms with Crippen LogP contribution in [0, 0.1) is 11.8 Å². The zero-order chi connectivity index (χ0) is 13.1. The topological polar surface area (TPSA) is 20.3 Å². The fourth-order valence-electron chi connectivity index (χ4n) is 2.41. The second kappa shape index (κ2) is 5.38. The minimum atomic E-state index is 0.161. The van der Waals surface area contributed by atoms with Gasteiger partial charge in [0.25, 0.3) is 0 Å². The molecule has 2 rings (SSSR count). The van der Waals surface area contributed by atoms with Crippen LogP contribution in [0.1, 0.15) is 26.7 Å². The first-order chi connectivity index (χ1) is 8.59. The van der Waals surface area contributed by atoms with E-state index in [1.807, 2.05) is 43.3 Å². The van der Waals surface area contributed by atoms with Gasteiger partial charge in [0.2, 0.25) is 0 Å². The number of hydrogen-bond acceptors (Lipinski definition) is 2. The van der Waals surface area contributed by atoms with Crippen LogP contribution in [0.4, 0.5) is 5.69 Å². The number of Topliss-reactive ketones (excluding diaryl/α,β-unsaturated/α-hetero) is 1. The SMILES string of the molecule is C[C@@H]1CCC(=CN(C)c2ccccc2)C(=O)[C@H]1C. The summed E-state index contributed by atoms with van der Waals surface area (Å²) < 4.78 is 0. The maximum atomic E-state index is 12.2. The van der Waals surface area contributed by atoms with Gasteiger partial charge in [0.05, 0.1) is 0 Å². The van der Waals surface area contributed by atoms with Crippen molar-refractivity contribution in [3.05, 3.63) is 42.1 Å². The molecule has 1 aromatic carbocycles. The Balaban J connectivity index is 2.16. The highest BCUT2D eigenvalue weighted by molar-refractivity contribution is 5.98. The zero-order valence-corrected chi connectivity index (χ0v) is 11.4. The zero-order valence-electron chi connectivity index (χ0n) is 11.4. The third-order valence-corrected chi connectivity index (χ3v) is 3.97. The van der Waals surface area contributed by atoms with Gasteiger partial charge in [-0.05, 0) is 30.9 Å². The Morgan fingerprint density at radius 1 is 1.22 bits per heavy atom. The fraction of sp³-hybridized carbons (Fsp3) is 0.438. The van der Waals surface area contributed by atoms with Crippen LogP contribution >= 0.6 is 0 Å². The Kier molecular flexibility index (Phi) is 3.85. The third kappa shape index (κ3) is 2.63. The Morgan fingerprint density at radius 3 is 2.56 bits per heavy atom. The standard InChI is InChI=1S/C16H21NO/c1-12-9-10-14(16(18)13(12)2)11-17(3)15-7-5-4-6-8-15/h4-8,11-13H,9-10H2,1-3H3/t12-,13+/m1/s1. The van der Waals surface area contributed by atoms with Crippen molar-refractivity contribution >= 4 is 11.5 Å². The minimum absolute atomic E-state index is 0.161. The monoisotopic (exact) mass is 243 g/mol. The molecule has 1 saturated carbocycles. The quantitative estimate of drug-likeness (QED) is 0.739. The van der Waals surface area contributed by atoms with Crippen LogP contribution in [-0.4, -0.2) is 12.8 Å². The lowest BCUT2D eigenvalue weighted by Crippen LogP contribution is -2.27. The van der Waals surface area contributed by atoms with Gasteiger partial charge in [0.1, 0.15) is 0 Å². The summed E-state index contributed by atoms with van der Waals surface area (Å²) in [5.41, 5.74) is 2.08. The van der Waals surface area contributed by atoms with Crippen LogP contribution in [0.5, 0.6) is 0 Å². The van der Waals surface area contributed by atoms with Gasteiger partial charge >= 0.3 is 0 Å². The molecule has 0 spiro atoms. The maximum Gasteiger partial charge on any atom is 0.163 e. The number of hydrogen-bond donors (Lipinski definition) is 0. The molecule has 0 bridgehead atoms. The summed E-state index contributed by atoms with van der Waals surface area (Å²) in [6, 6.07) is 10.1. The average molecular weight is 243 g/mol. The van der Waals surface area contributed by atoms with Crippen LogP contribution in [0.15, 0.2) is 42.1 Å². The third-order valence-electron chi connectivity index (χ3n) is 3.97. The number of allylic oxidation sites excluding steroid dienone is 1. The molecular formula is C16H21NO. The number of carbonyl (C=O) groups is 1. The van der Waals surface area contributed by atoms with Crippen molar-refractivity contribution < 1.29 is 4.79 Å². The van der Waals surface area contributed by atoms with Gasteiger partial charge in [-0.25, -0.2) is 0 Å². The van der Waals surface area contributed by atoms with E-state index in [1.54, 1.807) is 0 Å². The van der Waals surface area contributed by atoms with Gasteiger partial charge < -0.3 is 4.90 Å². The highest BCUT2D eigenvalue weighted by Crippen LogP contribution is 2.30. The summed E-state index contributed by atoms with van der Waals surface area (Å²) in [6.07, 6.45) is 4.02. The highest BCUT2D eigenvalue weighted by Gasteiger charge is 2.28. The Bertz CT molecular complexity index is 449. The van der Waals surface area contributed by atoms with E-state index in [-0.39, 0.29) is 5.92 Å². The summed E-state index contributed by atoms with van der Waals surface area (Å²) >= 11 is 0. The molecule has 0 aromatic heterocycles. The number of ketones is 1. The van der Waals surface area contributed by atoms with E-state index < -0.39 is 0 Å². The van der Waals surface area contributed by atoms with Crippen molar-refractivity contribution in [3.63, 3.8) is 0 Å². The Labute approximate surface area is 109 Å². The highest BCUT2D eigenvalue weighted by atomic mass is 16.1. The van der Waals surface area contributed by atoms with E-state index in [0.717, 1.165) is 24.1 Å². The number of benzene rings is 1. The summed E-state index contributed by atoms with van der Waals surface area (Å²) in [7, 11) is 2.00. The largest absolute Gasteiger partial charge is 0.351 e. The van der Waals surface area contributed by atoms with Crippen molar-refractivity contribution in [2.45, 2.75) is 26.7 Å². The molecule has 0 heterocycles. The fourth-order valence-corrected chi connectivity index (χ4v) is 2.41. The van der Waals surface area contributed by atoms with Crippen LogP contribution in [0.25, 0.3) is 0 Å². The van der Waals surface area contributed by atoms with E-state index in [2.05, 4.69) is 19.1 Å². The lowest BCUT2D eigenvalue weighted by molar-refractivity contribution is -0.121. The van der Waals surface area contributed by atoms with E-state index in [4.69, 9.17) is 0 Å². The molecule has 1 aliphatic rings. The summed E-state index contributed by atoms with van der Waals surface area (Å²) in [5, 5.41) is 0. The molecule has 0 unspecified atom stereocenters. The molecule has 0 amide bonds. The molecule has 1 aromatic rings. The predicted octanol–water partition coefficient (Wildman–Crippen LogP) is 3.64. The number of anilines is 1. The van der Waals surface area contributed by atoms with Gasteiger partial charge in [-0.1, -0.05) is 32.0 Å². The first-order valence-electron chi connectivity index (χ1n) is 6.62. The molecule has 1 fully saturated rings. The van der Waals surface area contributed by atoms with E-state index in [9.17, 15) is 4.79 Å². The molecule has 0 saturated heterocycles. The van der Waals surface area contributed by atoms with Crippen molar-refractivity contribution in [2.75, 3.05) is 11.9 Å². The average Bonchev–Trinajstić information content (AvgIpc) is 2.40. The Hall–Kier alpha value is -1.57. The molecule has 2 heteroatoms. The van der Waals surface area contributed by atoms with Gasteiger partial charge in [-0.15, -0.1) is 0 Å². The van der Waals surface area contributed by atoms with Crippen LogP contribution in [-0.2, 0) is 4.79 Å². The summed E-state index contributed by atoms with van der Waals surface area (Å²) in [5.74, 6) is 0.988. The number of para-hydroxylation sites is 1. The molecule has 0 N–H and O–H groups in total. The van der Waals surface area contributed by atoms with Crippen LogP contribution in [0.3, 0.4) is 0 Å². The second-order valence-corrected chi connectivity index (χ2v) is 5.27. The first kappa shape index (κ1) is 12.9. The molecule has 2 atom stereocenters. The van der Waals surface area contributed by atoms with Gasteiger partial charge in [0.15, 0.2) is 5.78 Å². The smallest absolute Gasteiger partial charge is 0.163 e. The predicted molar refractivity (Wildman–Crippen MR) is 75.5 cm³/mol. The van der Waals surface area contributed by atoms with E-state index >= 15 is 0 Å². The van der Waals surface area contributed by atoms with Crippen molar-refractivity contribution in [3.8, 4) is 0 Å². The van der Waals surface area contributed by atoms with Gasteiger partial charge in [-0.2, -0.15) is 0 Å². The molecule has 96 valence electrons. The molecule has 18 heavy (non-hydrogen) atoms. The molecular weight excluding hydrogens is 222 g/mol. The van der Waals surface area contributed by atoms with Crippen molar-refractivity contribution in [1.29, 1.82) is 0 Å². The summed E-state index contributed by atoms with van der Waals surface area (Å²) in [4.78, 5) is 14.2. The normalized spacial score (nSPS) is 26.4. The minimum Gasteiger partial charge on any atom is -0.351 e. The van der Waals surface area contributed by atoms with Gasteiger partial charge in [0, 0.05) is 30.4 Å². The van der Waals surface area contributed by atoms with Gasteiger partial charge in [-0.3, -0.25) is 4.79 Å². The molecule has 0 radical (unpaired) electrons. The maximum absolute atomic E-state index is 12.2. The van der Waals surface area contributed by atoms with Crippen molar-refractivity contribution in [2.24, 2.45) is 11.8 Å². The number of rotatable bonds is 2. The molecule has 1 aliphatic carbocycles. The van der Waals surface area contributed by atoms with E-state index in [0.29, 0.717) is 11.7 Å². The Morgan fingerprint density at radius 2 is 1.89 bits per heavy atom. The first-order valence-corrected chi connectivity index (χ1v) is 6.62. The van der Waals surface area contributed by atoms with Crippen molar-refractivity contribution in [1.82, 2.24) is 0 Å². The molecule has 0 aliphatic heterocycles. The van der Waals surface area contributed by atoms with E-state index in [1.165, 1.54) is 0 Å². The number of carbonyl (C=O) groups excluding carboxylic acids is 1. The molecule has 2 nitrogen and oxygen atoms in total. The lowest BCUT2D eigenvalue weighted by atomic mass is 9.78. The van der Waals surface area contributed by atoms with Crippen LogP contribution < -0.4 is 4.90 Å².